The molecule has 0 aromatic rings. The fourth-order valence-electron chi connectivity index (χ4n) is 3.83. The van der Waals surface area contributed by atoms with Gasteiger partial charge in [-0.05, 0) is 12.8 Å². The van der Waals surface area contributed by atoms with Crippen LogP contribution in [0.25, 0.3) is 0 Å². The van der Waals surface area contributed by atoms with Crippen LogP contribution in [-0.2, 0) is 14.4 Å². The SMILES string of the molecule is CCCCCCCCCCC/C=C/CC[N+](CCC(=O)O)(CCC(=O)O)CCC(=O)O. The van der Waals surface area contributed by atoms with E-state index in [1.165, 1.54) is 51.4 Å². The monoisotopic (exact) mass is 442 g/mol. The first kappa shape index (κ1) is 29.1. The van der Waals surface area contributed by atoms with E-state index < -0.39 is 17.9 Å². The van der Waals surface area contributed by atoms with Crippen LogP contribution in [0.2, 0.25) is 0 Å². The maximum atomic E-state index is 11.1. The number of aliphatic carboxylic acids is 3. The number of carboxylic acid groups (broad SMARTS) is 3. The van der Waals surface area contributed by atoms with Gasteiger partial charge in [0.25, 0.3) is 0 Å². The van der Waals surface area contributed by atoms with Crippen molar-refractivity contribution in [3.63, 3.8) is 0 Å². The van der Waals surface area contributed by atoms with Crippen molar-refractivity contribution in [3.8, 4) is 0 Å². The van der Waals surface area contributed by atoms with Crippen LogP contribution in [0.1, 0.15) is 96.8 Å². The van der Waals surface area contributed by atoms with Crippen LogP contribution >= 0.6 is 0 Å². The first-order valence-electron chi connectivity index (χ1n) is 12.0. The predicted molar refractivity (Wildman–Crippen MR) is 122 cm³/mol. The zero-order valence-electron chi connectivity index (χ0n) is 19.4. The van der Waals surface area contributed by atoms with Gasteiger partial charge in [-0.1, -0.05) is 70.4 Å². The van der Waals surface area contributed by atoms with E-state index in [4.69, 9.17) is 15.3 Å². The Kier molecular flexibility index (Phi) is 17.7. The van der Waals surface area contributed by atoms with Gasteiger partial charge in [-0.25, -0.2) is 0 Å². The van der Waals surface area contributed by atoms with Gasteiger partial charge in [0.1, 0.15) is 0 Å². The lowest BCUT2D eigenvalue weighted by Gasteiger charge is -2.37. The zero-order chi connectivity index (χ0) is 23.4. The molecule has 31 heavy (non-hydrogen) atoms. The van der Waals surface area contributed by atoms with Crippen molar-refractivity contribution in [1.82, 2.24) is 0 Å². The Hall–Kier alpha value is -1.89. The predicted octanol–water partition coefficient (Wildman–Crippen LogP) is 5.09. The summed E-state index contributed by atoms with van der Waals surface area (Å²) in [5.41, 5.74) is 0. The minimum absolute atomic E-state index is 0.0958. The van der Waals surface area contributed by atoms with Gasteiger partial charge in [-0.15, -0.1) is 0 Å². The third-order valence-electron chi connectivity index (χ3n) is 5.81. The van der Waals surface area contributed by atoms with E-state index in [9.17, 15) is 14.4 Å². The largest absolute Gasteiger partial charge is 0.481 e. The molecule has 0 atom stereocenters. The van der Waals surface area contributed by atoms with E-state index in [0.717, 1.165) is 12.8 Å². The molecule has 0 unspecified atom stereocenters. The third-order valence-corrected chi connectivity index (χ3v) is 5.81. The molecule has 0 rings (SSSR count). The van der Waals surface area contributed by atoms with E-state index in [2.05, 4.69) is 19.1 Å². The Balaban J connectivity index is 4.37. The van der Waals surface area contributed by atoms with Crippen LogP contribution in [-0.4, -0.2) is 63.9 Å². The van der Waals surface area contributed by atoms with Crippen LogP contribution in [0.5, 0.6) is 0 Å². The highest BCUT2D eigenvalue weighted by molar-refractivity contribution is 5.67. The lowest BCUT2D eigenvalue weighted by atomic mass is 10.1. The molecule has 0 bridgehead atoms. The normalized spacial score (nSPS) is 11.8. The zero-order valence-corrected chi connectivity index (χ0v) is 19.4. The second-order valence-corrected chi connectivity index (χ2v) is 8.54. The first-order chi connectivity index (χ1) is 14.8. The molecule has 180 valence electrons. The van der Waals surface area contributed by atoms with Crippen LogP contribution in [0, 0.1) is 0 Å². The average Bonchev–Trinajstić information content (AvgIpc) is 2.72. The molecule has 0 aromatic heterocycles. The Morgan fingerprint density at radius 2 is 0.968 bits per heavy atom. The molecular weight excluding hydrogens is 398 g/mol. The van der Waals surface area contributed by atoms with Gasteiger partial charge in [0.2, 0.25) is 0 Å². The van der Waals surface area contributed by atoms with Gasteiger partial charge in [0.15, 0.2) is 0 Å². The van der Waals surface area contributed by atoms with Crippen molar-refractivity contribution < 1.29 is 34.2 Å². The van der Waals surface area contributed by atoms with Gasteiger partial charge >= 0.3 is 17.9 Å². The summed E-state index contributed by atoms with van der Waals surface area (Å²) < 4.78 is 0.216. The topological polar surface area (TPSA) is 112 Å². The van der Waals surface area contributed by atoms with E-state index in [0.29, 0.717) is 13.0 Å². The fraction of sp³-hybridized carbons (Fsp3) is 0.792. The Morgan fingerprint density at radius 1 is 0.581 bits per heavy atom. The van der Waals surface area contributed by atoms with Crippen LogP contribution in [0.4, 0.5) is 0 Å². The number of unbranched alkanes of at least 4 members (excludes halogenated alkanes) is 9. The molecule has 0 aliphatic carbocycles. The van der Waals surface area contributed by atoms with Crippen molar-refractivity contribution in [2.75, 3.05) is 26.2 Å². The number of nitrogens with zero attached hydrogens (tertiary/aromatic N) is 1. The molecule has 0 fully saturated rings. The van der Waals surface area contributed by atoms with Crippen LogP contribution in [0.15, 0.2) is 12.2 Å². The van der Waals surface area contributed by atoms with Crippen molar-refractivity contribution >= 4 is 17.9 Å². The lowest BCUT2D eigenvalue weighted by Crippen LogP contribution is -2.52. The first-order valence-corrected chi connectivity index (χ1v) is 12.0. The number of quaternary nitrogens is 1. The van der Waals surface area contributed by atoms with E-state index in [1.807, 2.05) is 0 Å². The summed E-state index contributed by atoms with van der Waals surface area (Å²) in [5.74, 6) is -2.85. The summed E-state index contributed by atoms with van der Waals surface area (Å²) in [7, 11) is 0. The second kappa shape index (κ2) is 18.8. The molecule has 7 nitrogen and oxygen atoms in total. The number of carboxylic acids is 3. The highest BCUT2D eigenvalue weighted by Crippen LogP contribution is 2.15. The number of carbonyl (C=O) groups is 3. The van der Waals surface area contributed by atoms with E-state index in [1.54, 1.807) is 0 Å². The second-order valence-electron chi connectivity index (χ2n) is 8.54. The van der Waals surface area contributed by atoms with Crippen molar-refractivity contribution in [2.45, 2.75) is 96.8 Å². The fourth-order valence-corrected chi connectivity index (χ4v) is 3.83. The van der Waals surface area contributed by atoms with Gasteiger partial charge in [-0.2, -0.15) is 0 Å². The van der Waals surface area contributed by atoms with Crippen molar-refractivity contribution in [3.05, 3.63) is 12.2 Å². The molecule has 0 amide bonds. The average molecular weight is 443 g/mol. The van der Waals surface area contributed by atoms with E-state index >= 15 is 0 Å². The van der Waals surface area contributed by atoms with Crippen LogP contribution in [0.3, 0.4) is 0 Å². The smallest absolute Gasteiger partial charge is 0.309 e. The minimum Gasteiger partial charge on any atom is -0.481 e. The lowest BCUT2D eigenvalue weighted by molar-refractivity contribution is -0.926. The van der Waals surface area contributed by atoms with Crippen molar-refractivity contribution in [2.24, 2.45) is 0 Å². The van der Waals surface area contributed by atoms with Crippen molar-refractivity contribution in [1.29, 1.82) is 0 Å². The Bertz CT molecular complexity index is 487. The van der Waals surface area contributed by atoms with Gasteiger partial charge in [-0.3, -0.25) is 14.4 Å². The maximum absolute atomic E-state index is 11.1. The summed E-state index contributed by atoms with van der Waals surface area (Å²) in [6.45, 7) is 3.54. The van der Waals surface area contributed by atoms with E-state index in [-0.39, 0.29) is 43.4 Å². The number of hydrogen-bond donors (Lipinski definition) is 3. The summed E-state index contributed by atoms with van der Waals surface area (Å²) >= 11 is 0. The summed E-state index contributed by atoms with van der Waals surface area (Å²) in [6.07, 6.45) is 17.2. The summed E-state index contributed by atoms with van der Waals surface area (Å²) in [5, 5.41) is 27.2. The number of rotatable bonds is 22. The third kappa shape index (κ3) is 18.6. The molecule has 0 aromatic carbocycles. The standard InChI is InChI=1S/C24H43NO6/c1-2-3-4-5-6-7-8-9-10-11-12-13-14-18-25(19-15-22(26)27,20-16-23(28)29)21-17-24(30)31/h12-13H,2-11,14-21H2,1H3,(H2-,26,27,28,29,30,31)/p+1/b13-12+. The molecule has 0 saturated carbocycles. The molecule has 0 radical (unpaired) electrons. The molecule has 0 heterocycles. The number of allylic oxidation sites excluding steroid dienone is 1. The highest BCUT2D eigenvalue weighted by Gasteiger charge is 2.29. The quantitative estimate of drug-likeness (QED) is 0.122. The van der Waals surface area contributed by atoms with Gasteiger partial charge < -0.3 is 19.8 Å². The Morgan fingerprint density at radius 3 is 1.39 bits per heavy atom. The highest BCUT2D eigenvalue weighted by atomic mass is 16.4. The molecule has 7 heteroatoms. The van der Waals surface area contributed by atoms with Gasteiger partial charge in [0.05, 0.1) is 45.4 Å². The molecule has 0 saturated heterocycles. The maximum Gasteiger partial charge on any atom is 0.309 e. The minimum atomic E-state index is -0.950. The summed E-state index contributed by atoms with van der Waals surface area (Å²) in [6, 6.07) is 0. The molecule has 0 spiro atoms. The molecule has 3 N–H and O–H groups in total. The van der Waals surface area contributed by atoms with Crippen LogP contribution < -0.4 is 0 Å². The Labute approximate surface area is 187 Å². The van der Waals surface area contributed by atoms with Gasteiger partial charge in [0, 0.05) is 6.42 Å². The number of hydrogen-bond acceptors (Lipinski definition) is 3. The molecule has 0 aliphatic rings. The molecule has 0 aliphatic heterocycles. The summed E-state index contributed by atoms with van der Waals surface area (Å²) in [4.78, 5) is 33.2. The molecular formula is C24H44NO6+.